The van der Waals surface area contributed by atoms with E-state index in [1.807, 2.05) is 24.7 Å². The van der Waals surface area contributed by atoms with E-state index in [0.717, 1.165) is 5.56 Å². The second kappa shape index (κ2) is 7.38. The second-order valence-electron chi connectivity index (χ2n) is 5.55. The summed E-state index contributed by atoms with van der Waals surface area (Å²) in [6.45, 7) is 6.41. The number of hydrogen-bond acceptors (Lipinski definition) is 5. The van der Waals surface area contributed by atoms with Gasteiger partial charge in [0.15, 0.2) is 0 Å². The molecule has 2 amide bonds. The predicted octanol–water partition coefficient (Wildman–Crippen LogP) is 1.36. The van der Waals surface area contributed by atoms with Crippen LogP contribution in [0.1, 0.15) is 29.8 Å². The van der Waals surface area contributed by atoms with Crippen LogP contribution in [-0.2, 0) is 11.3 Å². The van der Waals surface area contributed by atoms with Crippen LogP contribution < -0.4 is 16.4 Å². The quantitative estimate of drug-likeness (QED) is 0.711. The zero-order valence-electron chi connectivity index (χ0n) is 13.4. The van der Waals surface area contributed by atoms with Gasteiger partial charge in [-0.1, -0.05) is 0 Å². The molecule has 2 aromatic rings. The van der Waals surface area contributed by atoms with Gasteiger partial charge in [-0.3, -0.25) is 14.3 Å². The van der Waals surface area contributed by atoms with E-state index in [1.165, 1.54) is 11.3 Å². The van der Waals surface area contributed by atoms with Crippen molar-refractivity contribution in [1.29, 1.82) is 0 Å². The number of hydrogen-bond donors (Lipinski definition) is 3. The summed E-state index contributed by atoms with van der Waals surface area (Å²) >= 11 is 1.27. The first-order valence-electron chi connectivity index (χ1n) is 7.30. The minimum atomic E-state index is -0.551. The first kappa shape index (κ1) is 17.2. The molecule has 0 spiro atoms. The maximum Gasteiger partial charge on any atom is 0.251 e. The molecule has 8 heteroatoms. The molecule has 0 aliphatic rings. The van der Waals surface area contributed by atoms with Gasteiger partial charge < -0.3 is 16.4 Å². The van der Waals surface area contributed by atoms with Crippen molar-refractivity contribution in [2.75, 3.05) is 5.32 Å². The first-order chi connectivity index (χ1) is 10.9. The van der Waals surface area contributed by atoms with E-state index >= 15 is 0 Å². The molecule has 0 aromatic carbocycles. The third-order valence-corrected chi connectivity index (χ3v) is 4.15. The van der Waals surface area contributed by atoms with Crippen molar-refractivity contribution < 1.29 is 9.59 Å². The third-order valence-electron chi connectivity index (χ3n) is 3.32. The van der Waals surface area contributed by atoms with E-state index in [9.17, 15) is 9.59 Å². The number of primary amides is 1. The fraction of sp³-hybridized carbons (Fsp3) is 0.400. The number of nitrogens with zero attached hydrogens (tertiary/aromatic N) is 2. The van der Waals surface area contributed by atoms with Gasteiger partial charge >= 0.3 is 0 Å². The highest BCUT2D eigenvalue weighted by molar-refractivity contribution is 7.14. The minimum absolute atomic E-state index is 0.0639. The van der Waals surface area contributed by atoms with Gasteiger partial charge in [0.05, 0.1) is 24.3 Å². The van der Waals surface area contributed by atoms with Crippen LogP contribution in [0, 0.1) is 6.92 Å². The normalized spacial score (nSPS) is 13.5. The predicted molar refractivity (Wildman–Crippen MR) is 90.5 cm³/mol. The maximum atomic E-state index is 12.2. The lowest BCUT2D eigenvalue weighted by Gasteiger charge is -2.19. The van der Waals surface area contributed by atoms with Gasteiger partial charge in [0.1, 0.15) is 5.00 Å². The highest BCUT2D eigenvalue weighted by Gasteiger charge is 2.19. The molecule has 0 bridgehead atoms. The summed E-state index contributed by atoms with van der Waals surface area (Å²) in [6, 6.07) is 1.25. The summed E-state index contributed by atoms with van der Waals surface area (Å²) in [7, 11) is 0. The van der Waals surface area contributed by atoms with Crippen LogP contribution in [0.15, 0.2) is 23.8 Å². The molecule has 23 heavy (non-hydrogen) atoms. The van der Waals surface area contributed by atoms with E-state index in [4.69, 9.17) is 5.73 Å². The molecule has 0 saturated heterocycles. The number of nitrogens with one attached hydrogen (secondary N) is 2. The number of amides is 2. The molecule has 7 nitrogen and oxygen atoms in total. The molecule has 124 valence electrons. The molecule has 0 radical (unpaired) electrons. The van der Waals surface area contributed by atoms with Crippen molar-refractivity contribution in [3.8, 4) is 0 Å². The van der Waals surface area contributed by atoms with Gasteiger partial charge in [-0.25, -0.2) is 0 Å². The Kier molecular flexibility index (Phi) is 5.51. The van der Waals surface area contributed by atoms with Crippen molar-refractivity contribution >= 4 is 28.2 Å². The molecule has 0 unspecified atom stereocenters. The van der Waals surface area contributed by atoms with Crippen LogP contribution in [0.2, 0.25) is 0 Å². The molecule has 0 saturated carbocycles. The average Bonchev–Trinajstić information content (AvgIpc) is 3.07. The van der Waals surface area contributed by atoms with E-state index in [1.54, 1.807) is 24.6 Å². The Morgan fingerprint density at radius 3 is 2.78 bits per heavy atom. The summed E-state index contributed by atoms with van der Waals surface area (Å²) in [5.74, 6) is -0.761. The molecular weight excluding hydrogens is 314 g/mol. The molecule has 0 fully saturated rings. The van der Waals surface area contributed by atoms with Crippen LogP contribution in [0.25, 0.3) is 0 Å². The number of carbonyl (C=O) groups is 2. The van der Waals surface area contributed by atoms with Crippen molar-refractivity contribution in [1.82, 2.24) is 15.1 Å². The molecule has 2 atom stereocenters. The molecule has 2 aromatic heterocycles. The summed E-state index contributed by atoms with van der Waals surface area (Å²) in [6.07, 6.45) is 3.75. The molecule has 2 heterocycles. The lowest BCUT2D eigenvalue weighted by Crippen LogP contribution is -2.44. The monoisotopic (exact) mass is 335 g/mol. The number of thiophene rings is 1. The SMILES string of the molecule is Cc1cnn(C[C@@H](C)N[C@@H](C)C(=O)Nc2sccc2C(N)=O)c1. The number of anilines is 1. The van der Waals surface area contributed by atoms with Gasteiger partial charge in [0, 0.05) is 12.2 Å². The average molecular weight is 335 g/mol. The van der Waals surface area contributed by atoms with E-state index in [2.05, 4.69) is 15.7 Å². The summed E-state index contributed by atoms with van der Waals surface area (Å²) in [5, 5.41) is 12.4. The fourth-order valence-electron chi connectivity index (χ4n) is 2.22. The molecular formula is C15H21N5O2S. The topological polar surface area (TPSA) is 102 Å². The molecule has 0 aliphatic carbocycles. The van der Waals surface area contributed by atoms with Crippen LogP contribution in [-0.4, -0.2) is 33.7 Å². The zero-order valence-corrected chi connectivity index (χ0v) is 14.2. The number of nitrogens with two attached hydrogens (primary N) is 1. The van der Waals surface area contributed by atoms with Crippen LogP contribution >= 0.6 is 11.3 Å². The Balaban J connectivity index is 1.89. The van der Waals surface area contributed by atoms with Crippen molar-refractivity contribution in [2.45, 2.75) is 39.4 Å². The third kappa shape index (κ3) is 4.64. The van der Waals surface area contributed by atoms with Gasteiger partial charge in [-0.15, -0.1) is 11.3 Å². The van der Waals surface area contributed by atoms with Crippen molar-refractivity contribution in [3.63, 3.8) is 0 Å². The van der Waals surface area contributed by atoms with Crippen LogP contribution in [0.5, 0.6) is 0 Å². The smallest absolute Gasteiger partial charge is 0.251 e. The number of aromatic nitrogens is 2. The van der Waals surface area contributed by atoms with E-state index in [0.29, 0.717) is 17.1 Å². The van der Waals surface area contributed by atoms with Crippen LogP contribution in [0.4, 0.5) is 5.00 Å². The number of aryl methyl sites for hydroxylation is 1. The van der Waals surface area contributed by atoms with Gasteiger partial charge in [-0.05, 0) is 37.8 Å². The summed E-state index contributed by atoms with van der Waals surface area (Å²) in [4.78, 5) is 23.5. The highest BCUT2D eigenvalue weighted by atomic mass is 32.1. The van der Waals surface area contributed by atoms with Gasteiger partial charge in [-0.2, -0.15) is 5.10 Å². The fourth-order valence-corrected chi connectivity index (χ4v) is 3.02. The number of carbonyl (C=O) groups excluding carboxylic acids is 2. The Bertz CT molecular complexity index is 694. The molecule has 4 N–H and O–H groups in total. The summed E-state index contributed by atoms with van der Waals surface area (Å²) in [5.41, 5.74) is 6.70. The Hall–Kier alpha value is -2.19. The van der Waals surface area contributed by atoms with E-state index < -0.39 is 11.9 Å². The van der Waals surface area contributed by atoms with E-state index in [-0.39, 0.29) is 11.9 Å². The Morgan fingerprint density at radius 2 is 2.17 bits per heavy atom. The van der Waals surface area contributed by atoms with Gasteiger partial charge in [0.2, 0.25) is 5.91 Å². The number of rotatable bonds is 7. The van der Waals surface area contributed by atoms with Gasteiger partial charge in [0.25, 0.3) is 5.91 Å². The van der Waals surface area contributed by atoms with Crippen molar-refractivity contribution in [2.24, 2.45) is 5.73 Å². The highest BCUT2D eigenvalue weighted by Crippen LogP contribution is 2.22. The lowest BCUT2D eigenvalue weighted by molar-refractivity contribution is -0.117. The second-order valence-corrected chi connectivity index (χ2v) is 6.46. The summed E-state index contributed by atoms with van der Waals surface area (Å²) < 4.78 is 1.84. The minimum Gasteiger partial charge on any atom is -0.366 e. The maximum absolute atomic E-state index is 12.2. The largest absolute Gasteiger partial charge is 0.366 e. The zero-order chi connectivity index (χ0) is 17.0. The first-order valence-corrected chi connectivity index (χ1v) is 8.18. The Labute approximate surface area is 138 Å². The molecule has 0 aliphatic heterocycles. The van der Waals surface area contributed by atoms with Crippen molar-refractivity contribution in [3.05, 3.63) is 35.0 Å². The molecule has 2 rings (SSSR count). The van der Waals surface area contributed by atoms with Crippen LogP contribution in [0.3, 0.4) is 0 Å². The standard InChI is InChI=1S/C15H21N5O2S/c1-9-6-17-20(7-9)8-10(2)18-11(3)14(22)19-15-12(13(16)21)4-5-23-15/h4-7,10-11,18H,8H2,1-3H3,(H2,16,21)(H,19,22)/t10-,11+/m1/s1. The Morgan fingerprint density at radius 1 is 1.43 bits per heavy atom. The lowest BCUT2D eigenvalue weighted by atomic mass is 10.2.